The van der Waals surface area contributed by atoms with E-state index in [0.29, 0.717) is 22.7 Å². The van der Waals surface area contributed by atoms with Crippen molar-refractivity contribution in [3.8, 4) is 11.5 Å². The van der Waals surface area contributed by atoms with Gasteiger partial charge in [-0.05, 0) is 18.2 Å². The molecule has 2 heterocycles. The number of carbonyl (C=O) groups is 1. The number of benzene rings is 2. The van der Waals surface area contributed by atoms with Crippen LogP contribution >= 0.6 is 0 Å². The molecule has 2 aromatic rings. The lowest BCUT2D eigenvalue weighted by atomic mass is 10.0. The number of fused-ring (bicyclic) bond motifs is 2. The summed E-state index contributed by atoms with van der Waals surface area (Å²) in [6.07, 6.45) is -0.239. The number of nitrogens with one attached hydrogen (secondary N) is 1. The Bertz CT molecular complexity index is 945. The number of para-hydroxylation sites is 1. The van der Waals surface area contributed by atoms with Crippen LogP contribution in [0.25, 0.3) is 0 Å². The van der Waals surface area contributed by atoms with E-state index in [4.69, 9.17) is 14.7 Å². The van der Waals surface area contributed by atoms with Crippen LogP contribution in [0.3, 0.4) is 0 Å². The summed E-state index contributed by atoms with van der Waals surface area (Å²) < 4.78 is 38.0. The average Bonchev–Trinajstić information content (AvgIpc) is 3.15. The van der Waals surface area contributed by atoms with Gasteiger partial charge in [0.2, 0.25) is 12.7 Å². The molecule has 25 heavy (non-hydrogen) atoms. The Hall–Kier alpha value is -2.78. The molecule has 9 heteroatoms. The van der Waals surface area contributed by atoms with E-state index in [0.717, 1.165) is 0 Å². The molecule has 0 bridgehead atoms. The molecule has 1 amide bonds. The van der Waals surface area contributed by atoms with Crippen LogP contribution in [0.5, 0.6) is 11.5 Å². The van der Waals surface area contributed by atoms with Crippen molar-refractivity contribution in [3.63, 3.8) is 0 Å². The lowest BCUT2D eigenvalue weighted by molar-refractivity contribution is -0.129. The molecule has 0 saturated carbocycles. The fourth-order valence-corrected chi connectivity index (χ4v) is 5.01. The Labute approximate surface area is 143 Å². The lowest BCUT2D eigenvalue weighted by Crippen LogP contribution is -2.32. The predicted octanol–water partition coefficient (Wildman–Crippen LogP) is 1.56. The first-order chi connectivity index (χ1) is 12.0. The summed E-state index contributed by atoms with van der Waals surface area (Å²) in [6, 6.07) is 10.7. The van der Waals surface area contributed by atoms with Gasteiger partial charge in [-0.2, -0.15) is 0 Å². The minimum atomic E-state index is -3.89. The van der Waals surface area contributed by atoms with E-state index in [1.54, 1.807) is 41.9 Å². The molecule has 0 spiro atoms. The lowest BCUT2D eigenvalue weighted by Gasteiger charge is -2.25. The second kappa shape index (κ2) is 5.64. The van der Waals surface area contributed by atoms with Crippen molar-refractivity contribution >= 4 is 21.6 Å². The monoisotopic (exact) mass is 362 g/mol. The largest absolute Gasteiger partial charge is 0.454 e. The van der Waals surface area contributed by atoms with Gasteiger partial charge in [-0.25, -0.2) is 13.9 Å². The third-order valence-electron chi connectivity index (χ3n) is 4.20. The molecule has 0 radical (unpaired) electrons. The number of rotatable bonds is 3. The van der Waals surface area contributed by atoms with Gasteiger partial charge in [-0.1, -0.05) is 18.2 Å². The van der Waals surface area contributed by atoms with Gasteiger partial charge >= 0.3 is 0 Å². The normalized spacial score (nSPS) is 19.6. The maximum atomic E-state index is 13.1. The van der Waals surface area contributed by atoms with E-state index in [9.17, 15) is 13.2 Å². The summed E-state index contributed by atoms with van der Waals surface area (Å²) in [6.45, 7) is 0.0163. The van der Waals surface area contributed by atoms with E-state index in [-0.39, 0.29) is 18.1 Å². The number of carbonyl (C=O) groups excluding carboxylic acids is 1. The van der Waals surface area contributed by atoms with Gasteiger partial charge in [0.1, 0.15) is 0 Å². The van der Waals surface area contributed by atoms with E-state index in [2.05, 4.69) is 0 Å². The highest BCUT2D eigenvalue weighted by molar-refractivity contribution is 7.93. The van der Waals surface area contributed by atoms with Gasteiger partial charge in [-0.3, -0.25) is 14.3 Å². The fourth-order valence-electron chi connectivity index (χ4n) is 3.13. The summed E-state index contributed by atoms with van der Waals surface area (Å²) in [4.78, 5) is 11.8. The van der Waals surface area contributed by atoms with Gasteiger partial charge in [-0.15, -0.1) is 0 Å². The average molecular weight is 362 g/mol. The predicted molar refractivity (Wildman–Crippen MR) is 86.0 cm³/mol. The van der Waals surface area contributed by atoms with E-state index in [1.807, 2.05) is 0 Å². The van der Waals surface area contributed by atoms with E-state index < -0.39 is 22.0 Å². The third-order valence-corrected chi connectivity index (χ3v) is 6.09. The first kappa shape index (κ1) is 15.7. The summed E-state index contributed by atoms with van der Waals surface area (Å²) in [5, 5.41) is 8.87. The van der Waals surface area contributed by atoms with Gasteiger partial charge in [0.05, 0.1) is 23.0 Å². The summed E-state index contributed by atoms with van der Waals surface area (Å²) >= 11 is 0. The van der Waals surface area contributed by atoms with Crippen LogP contribution in [-0.4, -0.2) is 26.3 Å². The molecular formula is C16H14N2O6S. The SMILES string of the molecule is O=C(CC1c2cc3c(cc2S(=O)(=O)N1c1ccccc1)OCO3)NO. The summed E-state index contributed by atoms with van der Waals surface area (Å²) in [5.41, 5.74) is 2.41. The molecule has 1 atom stereocenters. The van der Waals surface area contributed by atoms with E-state index >= 15 is 0 Å². The minimum Gasteiger partial charge on any atom is -0.454 e. The fraction of sp³-hybridized carbons (Fsp3) is 0.188. The first-order valence-corrected chi connectivity index (χ1v) is 8.92. The molecule has 0 aliphatic carbocycles. The van der Waals surface area contributed by atoms with Crippen molar-refractivity contribution in [1.82, 2.24) is 5.48 Å². The van der Waals surface area contributed by atoms with Crippen molar-refractivity contribution in [2.24, 2.45) is 0 Å². The molecule has 0 saturated heterocycles. The highest BCUT2D eigenvalue weighted by Crippen LogP contribution is 2.48. The number of hydroxylamine groups is 1. The molecule has 2 aromatic carbocycles. The molecule has 2 aliphatic heterocycles. The highest BCUT2D eigenvalue weighted by atomic mass is 32.2. The Balaban J connectivity index is 1.90. The highest BCUT2D eigenvalue weighted by Gasteiger charge is 2.45. The second-order valence-electron chi connectivity index (χ2n) is 5.63. The Morgan fingerprint density at radius 1 is 1.20 bits per heavy atom. The van der Waals surface area contributed by atoms with Crippen molar-refractivity contribution in [1.29, 1.82) is 0 Å². The molecule has 1 unspecified atom stereocenters. The van der Waals surface area contributed by atoms with Crippen molar-refractivity contribution in [2.45, 2.75) is 17.4 Å². The van der Waals surface area contributed by atoms with Crippen LogP contribution in [0.4, 0.5) is 5.69 Å². The minimum absolute atomic E-state index is 0.0163. The smallest absolute Gasteiger partial charge is 0.265 e. The zero-order valence-electron chi connectivity index (χ0n) is 12.9. The Morgan fingerprint density at radius 2 is 1.88 bits per heavy atom. The summed E-state index contributed by atoms with van der Waals surface area (Å²) in [7, 11) is -3.89. The topological polar surface area (TPSA) is 105 Å². The molecule has 2 N–H and O–H groups in total. The van der Waals surface area contributed by atoms with Crippen LogP contribution in [-0.2, 0) is 14.8 Å². The number of anilines is 1. The van der Waals surface area contributed by atoms with Crippen LogP contribution in [0, 0.1) is 0 Å². The molecule has 4 rings (SSSR count). The number of hydrogen-bond donors (Lipinski definition) is 2. The van der Waals surface area contributed by atoms with Gasteiger partial charge in [0.25, 0.3) is 10.0 Å². The van der Waals surface area contributed by atoms with Crippen molar-refractivity contribution in [2.75, 3.05) is 11.1 Å². The van der Waals surface area contributed by atoms with Crippen LogP contribution in [0.1, 0.15) is 18.0 Å². The molecule has 8 nitrogen and oxygen atoms in total. The number of nitrogens with zero attached hydrogens (tertiary/aromatic N) is 1. The maximum Gasteiger partial charge on any atom is 0.265 e. The standard InChI is InChI=1S/C16H14N2O6S/c19-16(17-20)7-12-11-6-13-14(24-9-23-13)8-15(11)25(21,22)18(12)10-4-2-1-3-5-10/h1-6,8,12,20H,7,9H2,(H,17,19). The van der Waals surface area contributed by atoms with Gasteiger partial charge < -0.3 is 9.47 Å². The second-order valence-corrected chi connectivity index (χ2v) is 7.42. The van der Waals surface area contributed by atoms with Crippen molar-refractivity contribution < 1.29 is 27.9 Å². The first-order valence-electron chi connectivity index (χ1n) is 7.48. The molecule has 2 aliphatic rings. The molecular weight excluding hydrogens is 348 g/mol. The molecule has 0 fully saturated rings. The number of amides is 1. The van der Waals surface area contributed by atoms with Crippen LogP contribution in [0.15, 0.2) is 47.4 Å². The van der Waals surface area contributed by atoms with E-state index in [1.165, 1.54) is 10.4 Å². The van der Waals surface area contributed by atoms with Crippen LogP contribution in [0.2, 0.25) is 0 Å². The van der Waals surface area contributed by atoms with Crippen molar-refractivity contribution in [3.05, 3.63) is 48.0 Å². The van der Waals surface area contributed by atoms with Gasteiger partial charge in [0.15, 0.2) is 11.5 Å². The van der Waals surface area contributed by atoms with Gasteiger partial charge in [0, 0.05) is 11.6 Å². The number of sulfonamides is 1. The number of hydrogen-bond acceptors (Lipinski definition) is 6. The Kier molecular flexibility index (Phi) is 3.55. The Morgan fingerprint density at radius 3 is 2.56 bits per heavy atom. The molecule has 0 aromatic heterocycles. The number of ether oxygens (including phenoxy) is 2. The zero-order valence-corrected chi connectivity index (χ0v) is 13.7. The van der Waals surface area contributed by atoms with Crippen LogP contribution < -0.4 is 19.3 Å². The zero-order chi connectivity index (χ0) is 17.6. The quantitative estimate of drug-likeness (QED) is 0.634. The maximum absolute atomic E-state index is 13.1. The molecule has 130 valence electrons. The third kappa shape index (κ3) is 2.39. The summed E-state index contributed by atoms with van der Waals surface area (Å²) in [5.74, 6) is 0.0903.